The molecule has 0 radical (unpaired) electrons. The predicted octanol–water partition coefficient (Wildman–Crippen LogP) is 1.43. The Morgan fingerprint density at radius 3 is 2.68 bits per heavy atom. The molecule has 3 N–H and O–H groups in total. The van der Waals surface area contributed by atoms with Crippen molar-refractivity contribution in [2.75, 3.05) is 38.3 Å². The number of benzene rings is 1. The van der Waals surface area contributed by atoms with Crippen LogP contribution in [0.5, 0.6) is 0 Å². The number of anilines is 1. The average molecular weight is 347 g/mol. The molecule has 1 unspecified atom stereocenters. The van der Waals surface area contributed by atoms with Gasteiger partial charge in [0.25, 0.3) is 0 Å². The lowest BCUT2D eigenvalue weighted by Crippen LogP contribution is -2.56. The lowest BCUT2D eigenvalue weighted by Gasteiger charge is -2.33. The number of methoxy groups -OCH3 is 1. The molecule has 1 atom stereocenters. The Labute approximate surface area is 149 Å². The molecule has 1 aliphatic carbocycles. The van der Waals surface area contributed by atoms with E-state index in [2.05, 4.69) is 22.3 Å². The van der Waals surface area contributed by atoms with Crippen molar-refractivity contribution >= 4 is 11.6 Å². The number of hydrogen-bond acceptors (Lipinski definition) is 5. The molecule has 6 nitrogen and oxygen atoms in total. The Morgan fingerprint density at radius 1 is 1.32 bits per heavy atom. The molecule has 0 aromatic heterocycles. The van der Waals surface area contributed by atoms with Crippen molar-refractivity contribution in [1.82, 2.24) is 5.32 Å². The van der Waals surface area contributed by atoms with E-state index in [1.165, 1.54) is 0 Å². The fourth-order valence-corrected chi connectivity index (χ4v) is 3.92. The van der Waals surface area contributed by atoms with E-state index < -0.39 is 11.6 Å². The molecule has 0 spiro atoms. The Hall–Kier alpha value is -1.63. The van der Waals surface area contributed by atoms with E-state index in [0.29, 0.717) is 6.54 Å². The van der Waals surface area contributed by atoms with Crippen molar-refractivity contribution in [3.63, 3.8) is 0 Å². The van der Waals surface area contributed by atoms with Gasteiger partial charge in [0, 0.05) is 32.4 Å². The van der Waals surface area contributed by atoms with Gasteiger partial charge in [-0.25, -0.2) is 0 Å². The number of carbonyl (C=O) groups is 1. The molecule has 138 valence electrons. The summed E-state index contributed by atoms with van der Waals surface area (Å²) in [5, 5.41) is 3.01. The normalized spacial score (nSPS) is 21.1. The Bertz CT molecular complexity index is 581. The summed E-state index contributed by atoms with van der Waals surface area (Å²) in [6.07, 6.45) is 3.83. The maximum atomic E-state index is 12.6. The van der Waals surface area contributed by atoms with E-state index in [1.807, 2.05) is 12.1 Å². The summed E-state index contributed by atoms with van der Waals surface area (Å²) in [5.41, 5.74) is 8.00. The quantitative estimate of drug-likeness (QED) is 0.814. The lowest BCUT2D eigenvalue weighted by molar-refractivity contribution is -0.130. The van der Waals surface area contributed by atoms with E-state index >= 15 is 0 Å². The predicted molar refractivity (Wildman–Crippen MR) is 97.5 cm³/mol. The number of amides is 1. The Kier molecular flexibility index (Phi) is 5.93. The monoisotopic (exact) mass is 347 g/mol. The molecule has 6 heteroatoms. The van der Waals surface area contributed by atoms with Crippen molar-refractivity contribution in [1.29, 1.82) is 0 Å². The van der Waals surface area contributed by atoms with Gasteiger partial charge in [0.1, 0.15) is 6.04 Å². The summed E-state index contributed by atoms with van der Waals surface area (Å²) < 4.78 is 11.1. The second-order valence-electron chi connectivity index (χ2n) is 6.90. The third-order valence-electron chi connectivity index (χ3n) is 5.50. The summed E-state index contributed by atoms with van der Waals surface area (Å²) in [5.74, 6) is -0.138. The van der Waals surface area contributed by atoms with Gasteiger partial charge in [-0.05, 0) is 24.5 Å². The number of ether oxygens (including phenoxy) is 2. The molecule has 2 fully saturated rings. The molecule has 1 saturated heterocycles. The van der Waals surface area contributed by atoms with Crippen molar-refractivity contribution < 1.29 is 14.3 Å². The van der Waals surface area contributed by atoms with Gasteiger partial charge in [-0.3, -0.25) is 4.79 Å². The minimum atomic E-state index is -0.629. The highest BCUT2D eigenvalue weighted by Gasteiger charge is 2.43. The van der Waals surface area contributed by atoms with Gasteiger partial charge in [-0.1, -0.05) is 31.0 Å². The summed E-state index contributed by atoms with van der Waals surface area (Å²) >= 11 is 0. The molecule has 2 aliphatic rings. The molecular formula is C19H29N3O3. The van der Waals surface area contributed by atoms with Crippen LogP contribution < -0.4 is 16.0 Å². The molecule has 1 aromatic rings. The first-order chi connectivity index (χ1) is 12.2. The van der Waals surface area contributed by atoms with Gasteiger partial charge in [-0.15, -0.1) is 0 Å². The molecule has 3 rings (SSSR count). The molecule has 1 heterocycles. The topological polar surface area (TPSA) is 76.8 Å². The number of morpholine rings is 1. The second-order valence-corrected chi connectivity index (χ2v) is 6.90. The van der Waals surface area contributed by atoms with Crippen molar-refractivity contribution in [2.24, 2.45) is 5.73 Å². The molecule has 0 bridgehead atoms. The number of nitrogens with one attached hydrogen (secondary N) is 1. The maximum absolute atomic E-state index is 12.6. The molecule has 1 aromatic carbocycles. The zero-order chi connectivity index (χ0) is 17.7. The molecule has 1 aliphatic heterocycles. The largest absolute Gasteiger partial charge is 0.378 e. The summed E-state index contributed by atoms with van der Waals surface area (Å²) in [6.45, 7) is 3.69. The number of carbonyl (C=O) groups excluding carboxylic acids is 1. The van der Waals surface area contributed by atoms with Crippen LogP contribution in [0.2, 0.25) is 0 Å². The van der Waals surface area contributed by atoms with Crippen LogP contribution in [0, 0.1) is 0 Å². The van der Waals surface area contributed by atoms with Crippen molar-refractivity contribution in [3.05, 3.63) is 29.8 Å². The lowest BCUT2D eigenvalue weighted by atomic mass is 9.92. The minimum Gasteiger partial charge on any atom is -0.378 e. The highest BCUT2D eigenvalue weighted by atomic mass is 16.5. The standard InChI is InChI=1S/C19H29N3O3/c1-24-19(8-4-5-9-19)17(20)18(23)21-14-15-6-2-3-7-16(15)22-10-12-25-13-11-22/h2-3,6-7,17H,4-5,8-14,20H2,1H3,(H,21,23). The van der Waals surface area contributed by atoms with Crippen molar-refractivity contribution in [2.45, 2.75) is 43.9 Å². The van der Waals surface area contributed by atoms with Gasteiger partial charge in [0.05, 0.1) is 18.8 Å². The zero-order valence-electron chi connectivity index (χ0n) is 15.0. The number of nitrogens with two attached hydrogens (primary N) is 1. The maximum Gasteiger partial charge on any atom is 0.240 e. The fraction of sp³-hybridized carbons (Fsp3) is 0.632. The highest BCUT2D eigenvalue weighted by Crippen LogP contribution is 2.35. The minimum absolute atomic E-state index is 0.138. The van der Waals surface area contributed by atoms with Crippen LogP contribution in [0.25, 0.3) is 0 Å². The van der Waals surface area contributed by atoms with E-state index in [4.69, 9.17) is 15.2 Å². The van der Waals surface area contributed by atoms with Crippen LogP contribution in [0.4, 0.5) is 5.69 Å². The van der Waals surface area contributed by atoms with Gasteiger partial charge in [0.2, 0.25) is 5.91 Å². The van der Waals surface area contributed by atoms with Crippen LogP contribution in [0.3, 0.4) is 0 Å². The summed E-state index contributed by atoms with van der Waals surface area (Å²) in [4.78, 5) is 14.9. The van der Waals surface area contributed by atoms with Crippen molar-refractivity contribution in [3.8, 4) is 0 Å². The van der Waals surface area contributed by atoms with E-state index in [-0.39, 0.29) is 5.91 Å². The highest BCUT2D eigenvalue weighted by molar-refractivity contribution is 5.83. The Morgan fingerprint density at radius 2 is 2.00 bits per heavy atom. The third-order valence-corrected chi connectivity index (χ3v) is 5.50. The van der Waals surface area contributed by atoms with Gasteiger partial charge < -0.3 is 25.4 Å². The first kappa shape index (κ1) is 18.2. The second kappa shape index (κ2) is 8.17. The van der Waals surface area contributed by atoms with Crippen LogP contribution in [0.1, 0.15) is 31.2 Å². The third kappa shape index (κ3) is 3.97. The number of hydrogen-bond donors (Lipinski definition) is 2. The number of nitrogens with zero attached hydrogens (tertiary/aromatic N) is 1. The summed E-state index contributed by atoms with van der Waals surface area (Å²) in [6, 6.07) is 7.55. The first-order valence-corrected chi connectivity index (χ1v) is 9.15. The van der Waals surface area contributed by atoms with E-state index in [9.17, 15) is 4.79 Å². The number of para-hydroxylation sites is 1. The van der Waals surface area contributed by atoms with Crippen LogP contribution in [-0.2, 0) is 20.8 Å². The smallest absolute Gasteiger partial charge is 0.240 e. The molecular weight excluding hydrogens is 318 g/mol. The summed E-state index contributed by atoms with van der Waals surface area (Å²) in [7, 11) is 1.66. The van der Waals surface area contributed by atoms with Crippen LogP contribution in [-0.4, -0.2) is 51.0 Å². The first-order valence-electron chi connectivity index (χ1n) is 9.15. The Balaban J connectivity index is 1.64. The van der Waals surface area contributed by atoms with Crippen LogP contribution in [0.15, 0.2) is 24.3 Å². The molecule has 1 amide bonds. The average Bonchev–Trinajstić information content (AvgIpc) is 3.17. The van der Waals surface area contributed by atoms with E-state index in [1.54, 1.807) is 7.11 Å². The van der Waals surface area contributed by atoms with Gasteiger partial charge in [0.15, 0.2) is 0 Å². The van der Waals surface area contributed by atoms with Crippen LogP contribution >= 0.6 is 0 Å². The molecule has 25 heavy (non-hydrogen) atoms. The van der Waals surface area contributed by atoms with Gasteiger partial charge >= 0.3 is 0 Å². The van der Waals surface area contributed by atoms with E-state index in [0.717, 1.165) is 63.2 Å². The van der Waals surface area contributed by atoms with Gasteiger partial charge in [-0.2, -0.15) is 0 Å². The zero-order valence-corrected chi connectivity index (χ0v) is 15.0. The number of rotatable bonds is 6. The SMILES string of the molecule is COC1(C(N)C(=O)NCc2ccccc2N2CCOCC2)CCCC1. The fourth-order valence-electron chi connectivity index (χ4n) is 3.92. The molecule has 1 saturated carbocycles.